The summed E-state index contributed by atoms with van der Waals surface area (Å²) in [7, 11) is 0. The Morgan fingerprint density at radius 2 is 2.05 bits per heavy atom. The van der Waals surface area contributed by atoms with Crippen LogP contribution in [0, 0.1) is 0 Å². The van der Waals surface area contributed by atoms with Gasteiger partial charge in [0.2, 0.25) is 0 Å². The van der Waals surface area contributed by atoms with E-state index in [1.165, 1.54) is 5.56 Å². The Morgan fingerprint density at radius 3 is 2.75 bits per heavy atom. The Balaban J connectivity index is 1.76. The fourth-order valence-electron chi connectivity index (χ4n) is 2.72. The van der Waals surface area contributed by atoms with Crippen molar-refractivity contribution in [2.24, 2.45) is 0 Å². The highest BCUT2D eigenvalue weighted by Crippen LogP contribution is 2.23. The summed E-state index contributed by atoms with van der Waals surface area (Å²) in [6, 6.07) is 9.51. The topological polar surface area (TPSA) is 58.4 Å². The third-order valence-corrected chi connectivity index (χ3v) is 3.81. The van der Waals surface area contributed by atoms with Gasteiger partial charge in [-0.1, -0.05) is 24.3 Å². The fraction of sp³-hybridized carbons (Fsp3) is 0.333. The largest absolute Gasteiger partial charge is 0.480 e. The molecule has 0 saturated heterocycles. The third kappa shape index (κ3) is 2.58. The Morgan fingerprint density at radius 1 is 1.25 bits per heavy atom. The summed E-state index contributed by atoms with van der Waals surface area (Å²) in [5.41, 5.74) is 2.38. The van der Waals surface area contributed by atoms with Crippen LogP contribution in [0.4, 0.5) is 0 Å². The summed E-state index contributed by atoms with van der Waals surface area (Å²) in [5.74, 6) is -0.750. The molecule has 1 atom stereocenters. The van der Waals surface area contributed by atoms with Crippen molar-refractivity contribution in [2.75, 3.05) is 6.54 Å². The van der Waals surface area contributed by atoms with Crippen LogP contribution in [0.15, 0.2) is 42.7 Å². The van der Waals surface area contributed by atoms with E-state index in [1.807, 2.05) is 40.0 Å². The lowest BCUT2D eigenvalue weighted by Crippen LogP contribution is -2.46. The number of fused-ring (bicyclic) bond motifs is 1. The number of hydrogen-bond acceptors (Lipinski definition) is 3. The molecule has 1 aromatic carbocycles. The summed E-state index contributed by atoms with van der Waals surface area (Å²) in [6.07, 6.45) is 4.21. The molecule has 1 aliphatic rings. The minimum atomic E-state index is -0.750. The zero-order valence-electron chi connectivity index (χ0n) is 11.1. The second kappa shape index (κ2) is 5.46. The first kappa shape index (κ1) is 12.9. The van der Waals surface area contributed by atoms with Gasteiger partial charge in [0, 0.05) is 25.5 Å². The van der Waals surface area contributed by atoms with E-state index >= 15 is 0 Å². The van der Waals surface area contributed by atoms with Crippen molar-refractivity contribution >= 4 is 5.97 Å². The van der Waals surface area contributed by atoms with E-state index in [0.717, 1.165) is 5.56 Å². The predicted octanol–water partition coefficient (Wildman–Crippen LogP) is 1.39. The molecular formula is C15H17N3O2. The van der Waals surface area contributed by atoms with Crippen molar-refractivity contribution in [1.82, 2.24) is 14.7 Å². The van der Waals surface area contributed by atoms with Crippen LogP contribution >= 0.6 is 0 Å². The molecule has 0 aliphatic carbocycles. The van der Waals surface area contributed by atoms with Gasteiger partial charge in [0.05, 0.1) is 6.54 Å². The smallest absolute Gasteiger partial charge is 0.321 e. The number of carboxylic acid groups (broad SMARTS) is 1. The maximum absolute atomic E-state index is 11.5. The van der Waals surface area contributed by atoms with Gasteiger partial charge in [-0.05, 0) is 23.6 Å². The molecule has 1 aromatic heterocycles. The zero-order valence-corrected chi connectivity index (χ0v) is 11.1. The van der Waals surface area contributed by atoms with E-state index in [1.54, 1.807) is 6.20 Å². The lowest BCUT2D eigenvalue weighted by molar-refractivity contribution is -0.144. The van der Waals surface area contributed by atoms with Gasteiger partial charge in [-0.2, -0.15) is 5.10 Å². The predicted molar refractivity (Wildman–Crippen MR) is 74.2 cm³/mol. The summed E-state index contributed by atoms with van der Waals surface area (Å²) >= 11 is 0. The zero-order chi connectivity index (χ0) is 13.9. The van der Waals surface area contributed by atoms with Gasteiger partial charge in [0.15, 0.2) is 0 Å². The summed E-state index contributed by atoms with van der Waals surface area (Å²) in [4.78, 5) is 13.5. The van der Waals surface area contributed by atoms with E-state index in [2.05, 4.69) is 11.2 Å². The second-order valence-corrected chi connectivity index (χ2v) is 5.07. The third-order valence-electron chi connectivity index (χ3n) is 3.81. The van der Waals surface area contributed by atoms with Crippen LogP contribution < -0.4 is 0 Å². The van der Waals surface area contributed by atoms with Gasteiger partial charge in [0.25, 0.3) is 0 Å². The van der Waals surface area contributed by atoms with Crippen LogP contribution in [0.5, 0.6) is 0 Å². The van der Waals surface area contributed by atoms with Crippen LogP contribution in [-0.4, -0.2) is 38.3 Å². The molecule has 1 aliphatic heterocycles. The quantitative estimate of drug-likeness (QED) is 0.913. The normalized spacial score (nSPS) is 18.7. The first-order valence-electron chi connectivity index (χ1n) is 6.75. The second-order valence-electron chi connectivity index (χ2n) is 5.07. The Bertz CT molecular complexity index is 595. The van der Waals surface area contributed by atoms with Crippen molar-refractivity contribution in [2.45, 2.75) is 25.6 Å². The molecule has 2 heterocycles. The van der Waals surface area contributed by atoms with Gasteiger partial charge in [0.1, 0.15) is 6.04 Å². The molecule has 3 rings (SSSR count). The molecule has 0 amide bonds. The van der Waals surface area contributed by atoms with E-state index < -0.39 is 12.0 Å². The minimum Gasteiger partial charge on any atom is -0.480 e. The molecule has 2 aromatic rings. The number of carbonyl (C=O) groups is 1. The molecule has 0 radical (unpaired) electrons. The molecule has 0 bridgehead atoms. The summed E-state index contributed by atoms with van der Waals surface area (Å²) < 4.78 is 1.83. The van der Waals surface area contributed by atoms with Gasteiger partial charge in [-0.25, -0.2) is 0 Å². The molecule has 20 heavy (non-hydrogen) atoms. The molecule has 0 saturated carbocycles. The number of aromatic nitrogens is 2. The number of aliphatic carboxylic acids is 1. The first-order valence-corrected chi connectivity index (χ1v) is 6.75. The number of rotatable bonds is 4. The highest BCUT2D eigenvalue weighted by molar-refractivity contribution is 5.74. The number of nitrogens with zero attached hydrogens (tertiary/aromatic N) is 3. The standard InChI is InChI=1S/C15H17N3O2/c19-15(20)14-10-12-4-1-2-5-13(12)11-17(14)8-9-18-7-3-6-16-18/h1-7,14H,8-11H2,(H,19,20). The SMILES string of the molecule is O=C(O)C1Cc2ccccc2CN1CCn1cccn1. The average Bonchev–Trinajstić information content (AvgIpc) is 2.97. The molecule has 5 heteroatoms. The van der Waals surface area contributed by atoms with Gasteiger partial charge < -0.3 is 5.11 Å². The van der Waals surface area contributed by atoms with Crippen molar-refractivity contribution < 1.29 is 9.90 Å². The molecule has 0 spiro atoms. The van der Waals surface area contributed by atoms with Crippen LogP contribution in [-0.2, 0) is 24.3 Å². The maximum atomic E-state index is 11.5. The summed E-state index contributed by atoms with van der Waals surface area (Å²) in [6.45, 7) is 2.08. The van der Waals surface area contributed by atoms with Gasteiger partial charge in [-0.15, -0.1) is 0 Å². The van der Waals surface area contributed by atoms with Crippen molar-refractivity contribution in [3.8, 4) is 0 Å². The minimum absolute atomic E-state index is 0.444. The first-order chi connectivity index (χ1) is 9.74. The molecule has 5 nitrogen and oxygen atoms in total. The van der Waals surface area contributed by atoms with E-state index in [0.29, 0.717) is 26.1 Å². The molecule has 1 N–H and O–H groups in total. The number of benzene rings is 1. The molecular weight excluding hydrogens is 254 g/mol. The van der Waals surface area contributed by atoms with E-state index in [4.69, 9.17) is 0 Å². The molecule has 104 valence electrons. The van der Waals surface area contributed by atoms with Crippen molar-refractivity contribution in [3.05, 3.63) is 53.9 Å². The van der Waals surface area contributed by atoms with Crippen molar-refractivity contribution in [1.29, 1.82) is 0 Å². The molecule has 0 fully saturated rings. The lowest BCUT2D eigenvalue weighted by atomic mass is 9.94. The highest BCUT2D eigenvalue weighted by Gasteiger charge is 2.30. The van der Waals surface area contributed by atoms with Crippen LogP contribution in [0.1, 0.15) is 11.1 Å². The number of carboxylic acids is 1. The fourth-order valence-corrected chi connectivity index (χ4v) is 2.72. The monoisotopic (exact) mass is 271 g/mol. The van der Waals surface area contributed by atoms with E-state index in [-0.39, 0.29) is 0 Å². The van der Waals surface area contributed by atoms with Gasteiger partial charge >= 0.3 is 5.97 Å². The van der Waals surface area contributed by atoms with Crippen LogP contribution in [0.25, 0.3) is 0 Å². The Hall–Kier alpha value is -2.14. The van der Waals surface area contributed by atoms with Crippen molar-refractivity contribution in [3.63, 3.8) is 0 Å². The highest BCUT2D eigenvalue weighted by atomic mass is 16.4. The van der Waals surface area contributed by atoms with E-state index in [9.17, 15) is 9.90 Å². The Kier molecular flexibility index (Phi) is 3.52. The van der Waals surface area contributed by atoms with Crippen LogP contribution in [0.2, 0.25) is 0 Å². The average molecular weight is 271 g/mol. The summed E-state index contributed by atoms with van der Waals surface area (Å²) in [5, 5.41) is 13.6. The molecule has 1 unspecified atom stereocenters. The maximum Gasteiger partial charge on any atom is 0.321 e. The lowest BCUT2D eigenvalue weighted by Gasteiger charge is -2.34. The van der Waals surface area contributed by atoms with Gasteiger partial charge in [-0.3, -0.25) is 14.4 Å². The Labute approximate surface area is 117 Å². The number of hydrogen-bond donors (Lipinski definition) is 1. The van der Waals surface area contributed by atoms with Crippen LogP contribution in [0.3, 0.4) is 0 Å².